The molecule has 0 heterocycles. The number of nitriles is 1. The summed E-state index contributed by atoms with van der Waals surface area (Å²) in [7, 11) is 1.70. The van der Waals surface area contributed by atoms with E-state index in [4.69, 9.17) is 11.0 Å². The molecule has 2 N–H and O–H groups in total. The Kier molecular flexibility index (Phi) is 5.95. The number of hydrogen-bond donors (Lipinski definition) is 1. The lowest BCUT2D eigenvalue weighted by Gasteiger charge is -2.28. The van der Waals surface area contributed by atoms with Crippen molar-refractivity contribution in [1.82, 2.24) is 4.90 Å². The van der Waals surface area contributed by atoms with Crippen molar-refractivity contribution in [3.05, 3.63) is 0 Å². The zero-order chi connectivity index (χ0) is 12.0. The lowest BCUT2D eigenvalue weighted by Crippen LogP contribution is -2.48. The summed E-state index contributed by atoms with van der Waals surface area (Å²) >= 11 is 0. The molecule has 0 spiro atoms. The van der Waals surface area contributed by atoms with Gasteiger partial charge in [-0.25, -0.2) is 0 Å². The quantitative estimate of drug-likeness (QED) is 0.740. The molecule has 0 aliphatic rings. The van der Waals surface area contributed by atoms with Crippen molar-refractivity contribution in [3.63, 3.8) is 0 Å². The highest BCUT2D eigenvalue weighted by Gasteiger charge is 2.25. The molecule has 3 atom stereocenters. The largest absolute Gasteiger partial charge is 0.341 e. The first-order valence-electron chi connectivity index (χ1n) is 5.34. The summed E-state index contributed by atoms with van der Waals surface area (Å²) in [6.45, 7) is 5.83. The van der Waals surface area contributed by atoms with Crippen LogP contribution in [0.1, 0.15) is 33.6 Å². The Morgan fingerprint density at radius 2 is 2.07 bits per heavy atom. The van der Waals surface area contributed by atoms with Crippen molar-refractivity contribution in [3.8, 4) is 6.07 Å². The van der Waals surface area contributed by atoms with Crippen LogP contribution in [0.25, 0.3) is 0 Å². The Morgan fingerprint density at radius 3 is 2.47 bits per heavy atom. The van der Waals surface area contributed by atoms with E-state index in [1.165, 1.54) is 0 Å². The number of hydrogen-bond acceptors (Lipinski definition) is 3. The van der Waals surface area contributed by atoms with Gasteiger partial charge in [-0.05, 0) is 12.8 Å². The number of carbonyl (C=O) groups excluding carboxylic acids is 1. The minimum Gasteiger partial charge on any atom is -0.341 e. The molecule has 0 aromatic carbocycles. The van der Waals surface area contributed by atoms with Crippen LogP contribution in [0.5, 0.6) is 0 Å². The van der Waals surface area contributed by atoms with Gasteiger partial charge in [0.15, 0.2) is 0 Å². The van der Waals surface area contributed by atoms with Crippen LogP contribution in [-0.2, 0) is 4.79 Å². The maximum atomic E-state index is 11.9. The van der Waals surface area contributed by atoms with Gasteiger partial charge in [0.1, 0.15) is 0 Å². The fourth-order valence-electron chi connectivity index (χ4n) is 1.22. The van der Waals surface area contributed by atoms with Crippen LogP contribution in [-0.4, -0.2) is 29.9 Å². The average molecular weight is 211 g/mol. The molecule has 0 fully saturated rings. The summed E-state index contributed by atoms with van der Waals surface area (Å²) < 4.78 is 0. The Balaban J connectivity index is 4.38. The number of rotatable bonds is 5. The van der Waals surface area contributed by atoms with Crippen LogP contribution in [0.4, 0.5) is 0 Å². The third kappa shape index (κ3) is 3.88. The van der Waals surface area contributed by atoms with Crippen molar-refractivity contribution in [2.24, 2.45) is 11.7 Å². The summed E-state index contributed by atoms with van der Waals surface area (Å²) in [5.74, 6) is 0.0985. The molecular formula is C11H21N3O. The number of nitrogens with two attached hydrogens (primary N) is 1. The van der Waals surface area contributed by atoms with Crippen LogP contribution >= 0.6 is 0 Å². The molecule has 0 rings (SSSR count). The van der Waals surface area contributed by atoms with Crippen molar-refractivity contribution < 1.29 is 4.79 Å². The Labute approximate surface area is 92.0 Å². The van der Waals surface area contributed by atoms with Crippen molar-refractivity contribution in [2.45, 2.75) is 45.7 Å². The molecule has 2 unspecified atom stereocenters. The molecule has 0 aliphatic heterocycles. The highest BCUT2D eigenvalue weighted by Crippen LogP contribution is 2.10. The normalized spacial score (nSPS) is 16.3. The second-order valence-electron chi connectivity index (χ2n) is 4.07. The minimum atomic E-state index is -0.457. The van der Waals surface area contributed by atoms with Gasteiger partial charge in [0.25, 0.3) is 0 Å². The van der Waals surface area contributed by atoms with E-state index < -0.39 is 6.04 Å². The van der Waals surface area contributed by atoms with E-state index in [9.17, 15) is 4.79 Å². The average Bonchev–Trinajstić information content (AvgIpc) is 2.25. The number of amides is 1. The second kappa shape index (κ2) is 6.41. The molecule has 4 heteroatoms. The lowest BCUT2D eigenvalue weighted by atomic mass is 9.98. The molecular weight excluding hydrogens is 190 g/mol. The molecule has 0 aromatic heterocycles. The molecule has 0 bridgehead atoms. The van der Waals surface area contributed by atoms with Crippen molar-refractivity contribution in [2.75, 3.05) is 7.05 Å². The van der Waals surface area contributed by atoms with Gasteiger partial charge in [-0.2, -0.15) is 5.26 Å². The molecule has 0 aromatic rings. The lowest BCUT2D eigenvalue weighted by molar-refractivity contribution is -0.134. The fraction of sp³-hybridized carbons (Fsp3) is 0.818. The van der Waals surface area contributed by atoms with Crippen molar-refractivity contribution >= 4 is 5.91 Å². The van der Waals surface area contributed by atoms with E-state index in [1.807, 2.05) is 20.8 Å². The summed E-state index contributed by atoms with van der Waals surface area (Å²) in [5.41, 5.74) is 5.83. The third-order valence-corrected chi connectivity index (χ3v) is 2.94. The molecule has 0 saturated heterocycles. The van der Waals surface area contributed by atoms with Crippen LogP contribution in [0, 0.1) is 17.2 Å². The van der Waals surface area contributed by atoms with Gasteiger partial charge < -0.3 is 10.6 Å². The molecule has 15 heavy (non-hydrogen) atoms. The van der Waals surface area contributed by atoms with Gasteiger partial charge in [0.2, 0.25) is 5.91 Å². The van der Waals surface area contributed by atoms with Gasteiger partial charge in [0.05, 0.1) is 18.5 Å². The molecule has 86 valence electrons. The maximum absolute atomic E-state index is 11.9. The van der Waals surface area contributed by atoms with Gasteiger partial charge in [-0.1, -0.05) is 20.3 Å². The zero-order valence-corrected chi connectivity index (χ0v) is 10.0. The summed E-state index contributed by atoms with van der Waals surface area (Å²) in [5, 5.41) is 8.54. The second-order valence-corrected chi connectivity index (χ2v) is 4.07. The van der Waals surface area contributed by atoms with E-state index in [1.54, 1.807) is 11.9 Å². The SMILES string of the molecule is CCC(C)[C@H](N)C(=O)N(C)C(C)CC#N. The predicted molar refractivity (Wildman–Crippen MR) is 59.9 cm³/mol. The monoisotopic (exact) mass is 211 g/mol. The first-order chi connectivity index (χ1) is 6.95. The number of nitrogens with zero attached hydrogens (tertiary/aromatic N) is 2. The topological polar surface area (TPSA) is 70.1 Å². The van der Waals surface area contributed by atoms with E-state index in [2.05, 4.69) is 6.07 Å². The zero-order valence-electron chi connectivity index (χ0n) is 10.0. The Morgan fingerprint density at radius 1 is 1.53 bits per heavy atom. The first kappa shape index (κ1) is 13.9. The van der Waals surface area contributed by atoms with Crippen LogP contribution in [0.15, 0.2) is 0 Å². The Hall–Kier alpha value is -1.08. The molecule has 0 aliphatic carbocycles. The van der Waals surface area contributed by atoms with E-state index in [0.29, 0.717) is 6.42 Å². The van der Waals surface area contributed by atoms with E-state index in [0.717, 1.165) is 6.42 Å². The van der Waals surface area contributed by atoms with Gasteiger partial charge in [0, 0.05) is 13.1 Å². The molecule has 0 radical (unpaired) electrons. The van der Waals surface area contributed by atoms with Gasteiger partial charge in [-0.15, -0.1) is 0 Å². The molecule has 0 saturated carbocycles. The van der Waals surface area contributed by atoms with Gasteiger partial charge >= 0.3 is 0 Å². The van der Waals surface area contributed by atoms with Crippen molar-refractivity contribution in [1.29, 1.82) is 5.26 Å². The third-order valence-electron chi connectivity index (χ3n) is 2.94. The Bertz CT molecular complexity index is 247. The van der Waals surface area contributed by atoms with Crippen LogP contribution < -0.4 is 5.73 Å². The minimum absolute atomic E-state index is 0.0717. The highest BCUT2D eigenvalue weighted by molar-refractivity contribution is 5.82. The van der Waals surface area contributed by atoms with Crippen LogP contribution in [0.2, 0.25) is 0 Å². The number of likely N-dealkylation sites (N-methyl/N-ethyl adjacent to an activating group) is 1. The summed E-state index contributed by atoms with van der Waals surface area (Å²) in [4.78, 5) is 13.4. The molecule has 4 nitrogen and oxygen atoms in total. The summed E-state index contributed by atoms with van der Waals surface area (Å²) in [6.07, 6.45) is 1.23. The fourth-order valence-corrected chi connectivity index (χ4v) is 1.22. The maximum Gasteiger partial charge on any atom is 0.239 e. The van der Waals surface area contributed by atoms with E-state index >= 15 is 0 Å². The number of carbonyl (C=O) groups is 1. The first-order valence-corrected chi connectivity index (χ1v) is 5.34. The summed E-state index contributed by atoms with van der Waals surface area (Å²) in [6, 6.07) is 1.52. The van der Waals surface area contributed by atoms with Crippen LogP contribution in [0.3, 0.4) is 0 Å². The predicted octanol–water partition coefficient (Wildman–Crippen LogP) is 1.12. The standard InChI is InChI=1S/C11H21N3O/c1-5-8(2)10(13)11(15)14(4)9(3)6-7-12/h8-10H,5-6,13H2,1-4H3/t8?,9?,10-/m0/s1. The van der Waals surface area contributed by atoms with E-state index in [-0.39, 0.29) is 17.9 Å². The van der Waals surface area contributed by atoms with Gasteiger partial charge in [-0.3, -0.25) is 4.79 Å². The highest BCUT2D eigenvalue weighted by atomic mass is 16.2. The molecule has 1 amide bonds. The smallest absolute Gasteiger partial charge is 0.239 e.